The Morgan fingerprint density at radius 1 is 1.19 bits per heavy atom. The van der Waals surface area contributed by atoms with Gasteiger partial charge in [0.05, 0.1) is 24.7 Å². The lowest BCUT2D eigenvalue weighted by atomic mass is 9.64. The van der Waals surface area contributed by atoms with Gasteiger partial charge in [0.2, 0.25) is 0 Å². The lowest BCUT2D eigenvalue weighted by Crippen LogP contribution is -2.45. The van der Waals surface area contributed by atoms with Crippen LogP contribution in [0.25, 0.3) is 0 Å². The second-order valence-corrected chi connectivity index (χ2v) is 8.36. The zero-order valence-corrected chi connectivity index (χ0v) is 19.1. The molecule has 1 saturated carbocycles. The molecule has 0 bridgehead atoms. The molecule has 0 radical (unpaired) electrons. The number of carbonyl (C=O) groups is 1. The maximum atomic E-state index is 13.0. The van der Waals surface area contributed by atoms with Crippen molar-refractivity contribution < 1.29 is 23.9 Å². The van der Waals surface area contributed by atoms with Crippen LogP contribution >= 0.6 is 15.9 Å². The van der Waals surface area contributed by atoms with E-state index >= 15 is 0 Å². The fraction of sp³-hybridized carbons (Fsp3) is 0.409. The van der Waals surface area contributed by atoms with Crippen LogP contribution in [-0.4, -0.2) is 44.8 Å². The number of nitro groups is 1. The summed E-state index contributed by atoms with van der Waals surface area (Å²) in [5, 5.41) is 14.5. The first-order valence-corrected chi connectivity index (χ1v) is 10.7. The van der Waals surface area contributed by atoms with Crippen LogP contribution in [0.4, 0.5) is 5.69 Å². The van der Waals surface area contributed by atoms with E-state index in [0.717, 1.165) is 29.3 Å². The quantitative estimate of drug-likeness (QED) is 0.302. The van der Waals surface area contributed by atoms with Crippen LogP contribution in [0.15, 0.2) is 40.9 Å². The summed E-state index contributed by atoms with van der Waals surface area (Å²) >= 11 is 3.50. The molecule has 0 heterocycles. The first-order chi connectivity index (χ1) is 14.9. The minimum absolute atomic E-state index is 0.0651. The number of halogens is 1. The van der Waals surface area contributed by atoms with Crippen LogP contribution < -0.4 is 14.8 Å². The fourth-order valence-electron chi connectivity index (χ4n) is 3.72. The molecule has 0 unspecified atom stereocenters. The van der Waals surface area contributed by atoms with Gasteiger partial charge in [0.15, 0.2) is 11.5 Å². The minimum Gasteiger partial charge on any atom is -0.493 e. The first-order valence-electron chi connectivity index (χ1n) is 9.92. The van der Waals surface area contributed by atoms with E-state index in [1.807, 2.05) is 18.2 Å². The monoisotopic (exact) mass is 492 g/mol. The molecule has 9 heteroatoms. The second-order valence-electron chi connectivity index (χ2n) is 7.45. The number of nitrogens with one attached hydrogen (secondary N) is 1. The molecule has 1 aliphatic rings. The molecule has 2 aromatic carbocycles. The van der Waals surface area contributed by atoms with Crippen molar-refractivity contribution in [2.45, 2.75) is 24.7 Å². The third-order valence-electron chi connectivity index (χ3n) is 5.60. The normalized spacial score (nSPS) is 14.4. The van der Waals surface area contributed by atoms with E-state index in [2.05, 4.69) is 27.3 Å². The molecule has 3 rings (SSSR count). The Morgan fingerprint density at radius 2 is 1.97 bits per heavy atom. The summed E-state index contributed by atoms with van der Waals surface area (Å²) in [7, 11) is 2.95. The third kappa shape index (κ3) is 5.16. The van der Waals surface area contributed by atoms with Crippen LogP contribution in [0.1, 0.15) is 35.2 Å². The highest BCUT2D eigenvalue weighted by atomic mass is 79.9. The van der Waals surface area contributed by atoms with Crippen molar-refractivity contribution in [3.8, 4) is 11.5 Å². The van der Waals surface area contributed by atoms with Crippen LogP contribution in [0.3, 0.4) is 0 Å². The number of nitro benzene ring substituents is 1. The highest BCUT2D eigenvalue weighted by Crippen LogP contribution is 2.44. The van der Waals surface area contributed by atoms with Crippen molar-refractivity contribution in [2.24, 2.45) is 0 Å². The van der Waals surface area contributed by atoms with Gasteiger partial charge in [-0.05, 0) is 30.5 Å². The van der Waals surface area contributed by atoms with Crippen molar-refractivity contribution in [3.63, 3.8) is 0 Å². The summed E-state index contributed by atoms with van der Waals surface area (Å²) in [6.45, 7) is 0.912. The van der Waals surface area contributed by atoms with E-state index in [9.17, 15) is 14.9 Å². The maximum Gasteiger partial charge on any atom is 0.286 e. The Bertz CT molecular complexity index is 961. The zero-order valence-electron chi connectivity index (χ0n) is 17.5. The van der Waals surface area contributed by atoms with E-state index in [1.54, 1.807) is 0 Å². The van der Waals surface area contributed by atoms with Crippen molar-refractivity contribution in [1.29, 1.82) is 0 Å². The number of benzene rings is 2. The molecule has 31 heavy (non-hydrogen) atoms. The molecule has 0 atom stereocenters. The third-order valence-corrected chi connectivity index (χ3v) is 6.10. The number of carbonyl (C=O) groups excluding carboxylic acids is 1. The first kappa shape index (κ1) is 23.0. The highest BCUT2D eigenvalue weighted by Gasteiger charge is 2.39. The summed E-state index contributed by atoms with van der Waals surface area (Å²) < 4.78 is 16.7. The average molecular weight is 493 g/mol. The number of nitrogens with zero attached hydrogens (tertiary/aromatic N) is 1. The molecule has 1 N–H and O–H groups in total. The molecular weight excluding hydrogens is 468 g/mol. The number of ether oxygens (including phenoxy) is 3. The van der Waals surface area contributed by atoms with Crippen LogP contribution in [-0.2, 0) is 10.2 Å². The van der Waals surface area contributed by atoms with E-state index in [-0.39, 0.29) is 34.8 Å². The van der Waals surface area contributed by atoms with Gasteiger partial charge in [0.1, 0.15) is 12.2 Å². The fourth-order valence-corrected chi connectivity index (χ4v) is 4.12. The molecular formula is C22H25BrN2O6. The largest absolute Gasteiger partial charge is 0.493 e. The molecule has 166 valence electrons. The highest BCUT2D eigenvalue weighted by molar-refractivity contribution is 9.10. The number of rotatable bonds is 10. The van der Waals surface area contributed by atoms with Gasteiger partial charge in [-0.25, -0.2) is 0 Å². The Morgan fingerprint density at radius 3 is 2.55 bits per heavy atom. The van der Waals surface area contributed by atoms with Gasteiger partial charge in [-0.3, -0.25) is 14.9 Å². The van der Waals surface area contributed by atoms with Gasteiger partial charge < -0.3 is 19.5 Å². The van der Waals surface area contributed by atoms with Gasteiger partial charge in [-0.15, -0.1) is 0 Å². The number of amides is 1. The van der Waals surface area contributed by atoms with Gasteiger partial charge >= 0.3 is 0 Å². The number of hydrogen-bond acceptors (Lipinski definition) is 6. The van der Waals surface area contributed by atoms with Gasteiger partial charge in [-0.2, -0.15) is 0 Å². The Hall–Kier alpha value is -2.65. The lowest BCUT2D eigenvalue weighted by Gasteiger charge is -2.42. The van der Waals surface area contributed by atoms with Crippen molar-refractivity contribution in [1.82, 2.24) is 5.32 Å². The summed E-state index contributed by atoms with van der Waals surface area (Å²) in [5.74, 6) is -0.0840. The molecule has 0 saturated heterocycles. The summed E-state index contributed by atoms with van der Waals surface area (Å²) in [5.41, 5.74) is 0.574. The van der Waals surface area contributed by atoms with Gasteiger partial charge in [0.25, 0.3) is 11.6 Å². The smallest absolute Gasteiger partial charge is 0.286 e. The van der Waals surface area contributed by atoms with Crippen LogP contribution in [0.2, 0.25) is 0 Å². The molecule has 0 spiro atoms. The summed E-state index contributed by atoms with van der Waals surface area (Å²) in [6.07, 6.45) is 2.96. The maximum absolute atomic E-state index is 13.0. The topological polar surface area (TPSA) is 99.9 Å². The summed E-state index contributed by atoms with van der Waals surface area (Å²) in [4.78, 5) is 24.0. The molecule has 1 fully saturated rings. The van der Waals surface area contributed by atoms with Gasteiger partial charge in [0, 0.05) is 29.6 Å². The molecule has 1 aliphatic carbocycles. The molecule has 1 amide bonds. The SMILES string of the molecule is COCCOc1cc([N+](=O)[O-])c(C(=O)NCC2(c3cccc(Br)c3)CCC2)cc1OC. The van der Waals surface area contributed by atoms with E-state index < -0.39 is 10.8 Å². The lowest BCUT2D eigenvalue weighted by molar-refractivity contribution is -0.385. The molecule has 0 aromatic heterocycles. The van der Waals surface area contributed by atoms with Crippen LogP contribution in [0.5, 0.6) is 11.5 Å². The number of hydrogen-bond donors (Lipinski definition) is 1. The Labute approximate surface area is 189 Å². The predicted octanol–water partition coefficient (Wildman–Crippen LogP) is 4.24. The van der Waals surface area contributed by atoms with Crippen LogP contribution in [0, 0.1) is 10.1 Å². The average Bonchev–Trinajstić information content (AvgIpc) is 2.72. The Balaban J connectivity index is 1.82. The van der Waals surface area contributed by atoms with E-state index in [0.29, 0.717) is 13.2 Å². The second kappa shape index (κ2) is 10.1. The van der Waals surface area contributed by atoms with Crippen molar-refractivity contribution in [2.75, 3.05) is 34.0 Å². The summed E-state index contributed by atoms with van der Waals surface area (Å²) in [6, 6.07) is 10.6. The minimum atomic E-state index is -0.592. The Kier molecular flexibility index (Phi) is 7.50. The van der Waals surface area contributed by atoms with E-state index in [4.69, 9.17) is 14.2 Å². The predicted molar refractivity (Wildman–Crippen MR) is 119 cm³/mol. The molecule has 2 aromatic rings. The zero-order chi connectivity index (χ0) is 22.4. The number of methoxy groups -OCH3 is 2. The van der Waals surface area contributed by atoms with Crippen molar-refractivity contribution in [3.05, 3.63) is 62.1 Å². The van der Waals surface area contributed by atoms with Gasteiger partial charge in [-0.1, -0.05) is 34.5 Å². The van der Waals surface area contributed by atoms with E-state index in [1.165, 1.54) is 26.4 Å². The molecule has 0 aliphatic heterocycles. The molecule has 8 nitrogen and oxygen atoms in total. The standard InChI is InChI=1S/C22H25BrN2O6/c1-29-9-10-31-20-13-18(25(27)28)17(12-19(20)30-2)21(26)24-14-22(7-4-8-22)15-5-3-6-16(23)11-15/h3,5-6,11-13H,4,7-10,14H2,1-2H3,(H,24,26). The van der Waals surface area contributed by atoms with Crippen molar-refractivity contribution >= 4 is 27.5 Å².